The second-order valence-electron chi connectivity index (χ2n) is 6.11. The van der Waals surface area contributed by atoms with Gasteiger partial charge in [0.05, 0.1) is 12.7 Å². The van der Waals surface area contributed by atoms with Crippen LogP contribution in [0.25, 0.3) is 0 Å². The number of ketones is 1. The molecule has 1 aliphatic rings. The Balaban J connectivity index is 1.97. The number of rotatable bonds is 4. The van der Waals surface area contributed by atoms with Gasteiger partial charge in [-0.05, 0) is 40.8 Å². The monoisotopic (exact) mass is 457 g/mol. The van der Waals surface area contributed by atoms with Crippen LogP contribution < -0.4 is 5.32 Å². The molecule has 0 saturated carbocycles. The van der Waals surface area contributed by atoms with Crippen molar-refractivity contribution >= 4 is 33.6 Å². The van der Waals surface area contributed by atoms with E-state index in [0.717, 1.165) is 4.47 Å². The molecule has 2 aromatic carbocycles. The Morgan fingerprint density at radius 3 is 2.59 bits per heavy atom. The van der Waals surface area contributed by atoms with Gasteiger partial charge in [-0.25, -0.2) is 9.18 Å². The smallest absolute Gasteiger partial charge is 0.355 e. The molecule has 29 heavy (non-hydrogen) atoms. The van der Waals surface area contributed by atoms with Gasteiger partial charge in [-0.3, -0.25) is 4.79 Å². The Hall–Kier alpha value is -3.40. The number of carbonyl (C=O) groups is 2. The van der Waals surface area contributed by atoms with Crippen LogP contribution in [-0.4, -0.2) is 39.1 Å². The van der Waals surface area contributed by atoms with Crippen LogP contribution in [0.2, 0.25) is 0 Å². The molecule has 0 saturated heterocycles. The summed E-state index contributed by atoms with van der Waals surface area (Å²) in [5.41, 5.74) is 0.286. The summed E-state index contributed by atoms with van der Waals surface area (Å²) in [7, 11) is 1.19. The van der Waals surface area contributed by atoms with Crippen molar-refractivity contribution < 1.29 is 18.7 Å². The maximum atomic E-state index is 14.7. The Kier molecular flexibility index (Phi) is 4.93. The summed E-state index contributed by atoms with van der Waals surface area (Å²) in [4.78, 5) is 25.9. The van der Waals surface area contributed by atoms with Crippen molar-refractivity contribution in [2.45, 2.75) is 6.04 Å². The molecule has 0 radical (unpaired) electrons. The number of carbonyl (C=O) groups excluding carboxylic acids is 2. The molecule has 10 heteroatoms. The first-order chi connectivity index (χ1) is 14.0. The average Bonchev–Trinajstić information content (AvgIpc) is 3.21. The number of allylic oxidation sites excluding steroid dienone is 1. The highest BCUT2D eigenvalue weighted by molar-refractivity contribution is 9.10. The lowest BCUT2D eigenvalue weighted by molar-refractivity contribution is -0.136. The summed E-state index contributed by atoms with van der Waals surface area (Å²) in [5.74, 6) is -1.75. The lowest BCUT2D eigenvalue weighted by Crippen LogP contribution is -2.33. The van der Waals surface area contributed by atoms with Crippen LogP contribution in [0, 0.1) is 5.82 Å². The summed E-state index contributed by atoms with van der Waals surface area (Å²) >= 11 is 3.32. The van der Waals surface area contributed by atoms with Crippen molar-refractivity contribution in [3.8, 4) is 0 Å². The molecule has 0 unspecified atom stereocenters. The van der Waals surface area contributed by atoms with Gasteiger partial charge in [0.1, 0.15) is 17.6 Å². The van der Waals surface area contributed by atoms with Crippen molar-refractivity contribution in [2.75, 3.05) is 12.4 Å². The molecule has 0 spiro atoms. The Morgan fingerprint density at radius 2 is 1.90 bits per heavy atom. The van der Waals surface area contributed by atoms with E-state index in [1.807, 2.05) is 0 Å². The molecule has 0 aliphatic carbocycles. The molecule has 1 aliphatic heterocycles. The van der Waals surface area contributed by atoms with E-state index in [-0.39, 0.29) is 22.8 Å². The predicted molar refractivity (Wildman–Crippen MR) is 103 cm³/mol. The number of halogens is 2. The number of Topliss-reactive ketones (excluding diaryl/α,β-unsaturated/α-hetero) is 1. The molecule has 1 N–H and O–H groups in total. The predicted octanol–water partition coefficient (Wildman–Crippen LogP) is 2.90. The number of hydrogen-bond acceptors (Lipinski definition) is 7. The van der Waals surface area contributed by atoms with Gasteiger partial charge < -0.3 is 10.1 Å². The zero-order chi connectivity index (χ0) is 20.5. The van der Waals surface area contributed by atoms with E-state index in [4.69, 9.17) is 4.74 Å². The molecule has 0 amide bonds. The molecule has 4 rings (SSSR count). The van der Waals surface area contributed by atoms with Gasteiger partial charge in [-0.2, -0.15) is 4.68 Å². The van der Waals surface area contributed by atoms with Crippen LogP contribution in [0.15, 0.2) is 64.3 Å². The number of hydrogen-bond donors (Lipinski definition) is 1. The fourth-order valence-electron chi connectivity index (χ4n) is 3.13. The summed E-state index contributed by atoms with van der Waals surface area (Å²) in [6.45, 7) is 0. The third kappa shape index (κ3) is 3.31. The lowest BCUT2D eigenvalue weighted by Gasteiger charge is -2.28. The van der Waals surface area contributed by atoms with E-state index in [1.165, 1.54) is 30.0 Å². The highest BCUT2D eigenvalue weighted by Crippen LogP contribution is 2.37. The Morgan fingerprint density at radius 1 is 1.17 bits per heavy atom. The second-order valence-corrected chi connectivity index (χ2v) is 7.03. The van der Waals surface area contributed by atoms with E-state index in [9.17, 15) is 14.0 Å². The van der Waals surface area contributed by atoms with Gasteiger partial charge in [0.15, 0.2) is 5.78 Å². The number of benzene rings is 2. The van der Waals surface area contributed by atoms with Gasteiger partial charge in [0.25, 0.3) is 0 Å². The van der Waals surface area contributed by atoms with Crippen molar-refractivity contribution in [1.82, 2.24) is 20.2 Å². The highest BCUT2D eigenvalue weighted by atomic mass is 79.9. The van der Waals surface area contributed by atoms with E-state index in [2.05, 4.69) is 36.8 Å². The van der Waals surface area contributed by atoms with E-state index < -0.39 is 23.6 Å². The highest BCUT2D eigenvalue weighted by Gasteiger charge is 2.39. The van der Waals surface area contributed by atoms with Crippen LogP contribution in [0.1, 0.15) is 22.0 Å². The molecule has 0 bridgehead atoms. The second kappa shape index (κ2) is 7.55. The summed E-state index contributed by atoms with van der Waals surface area (Å²) < 4.78 is 21.6. The number of ether oxygens (including phenoxy) is 1. The van der Waals surface area contributed by atoms with Gasteiger partial charge in [0.2, 0.25) is 5.95 Å². The van der Waals surface area contributed by atoms with Crippen LogP contribution in [-0.2, 0) is 9.53 Å². The molecular formula is C19H13BrFN5O3. The lowest BCUT2D eigenvalue weighted by atomic mass is 9.89. The molecule has 8 nitrogen and oxygen atoms in total. The number of tetrazole rings is 1. The Bertz CT molecular complexity index is 1140. The van der Waals surface area contributed by atoms with Gasteiger partial charge >= 0.3 is 5.97 Å². The quantitative estimate of drug-likeness (QED) is 0.474. The zero-order valence-corrected chi connectivity index (χ0v) is 16.6. The molecule has 1 atom stereocenters. The molecule has 0 fully saturated rings. The summed E-state index contributed by atoms with van der Waals surface area (Å²) in [5, 5.41) is 14.0. The van der Waals surface area contributed by atoms with Crippen molar-refractivity contribution in [1.29, 1.82) is 0 Å². The van der Waals surface area contributed by atoms with Gasteiger partial charge in [-0.1, -0.05) is 39.2 Å². The maximum absolute atomic E-state index is 14.7. The van der Waals surface area contributed by atoms with Crippen LogP contribution in [0.4, 0.5) is 10.3 Å². The standard InChI is InChI=1S/C19H13BrFN5O3/c1-29-18(28)15-14(17(27)10-6-8-11(20)9-7-10)16(12-4-2-3-5-13(12)21)26-19(22-15)23-24-25-26/h2-9,16H,1H3,(H,22,23,25)/t16-/m0/s1. The van der Waals surface area contributed by atoms with Crippen LogP contribution >= 0.6 is 15.9 Å². The van der Waals surface area contributed by atoms with Crippen molar-refractivity contribution in [3.63, 3.8) is 0 Å². The molecule has 2 heterocycles. The first-order valence-corrected chi connectivity index (χ1v) is 9.22. The van der Waals surface area contributed by atoms with Crippen molar-refractivity contribution in [3.05, 3.63) is 81.2 Å². The van der Waals surface area contributed by atoms with E-state index in [0.29, 0.717) is 5.56 Å². The number of nitrogens with zero attached hydrogens (tertiary/aromatic N) is 4. The first-order valence-electron chi connectivity index (χ1n) is 8.43. The minimum atomic E-state index is -1.06. The fraction of sp³-hybridized carbons (Fsp3) is 0.105. The minimum absolute atomic E-state index is 0.0240. The number of methoxy groups -OCH3 is 1. The van der Waals surface area contributed by atoms with Gasteiger partial charge in [-0.15, -0.1) is 0 Å². The first kappa shape index (κ1) is 18.9. The number of anilines is 1. The van der Waals surface area contributed by atoms with E-state index in [1.54, 1.807) is 30.3 Å². The normalized spacial score (nSPS) is 15.5. The average molecular weight is 458 g/mol. The summed E-state index contributed by atoms with van der Waals surface area (Å²) in [6.07, 6.45) is 0. The number of nitrogens with one attached hydrogen (secondary N) is 1. The van der Waals surface area contributed by atoms with Crippen molar-refractivity contribution in [2.24, 2.45) is 0 Å². The number of esters is 1. The third-order valence-electron chi connectivity index (χ3n) is 4.46. The van der Waals surface area contributed by atoms with Crippen LogP contribution in [0.5, 0.6) is 0 Å². The van der Waals surface area contributed by atoms with Crippen LogP contribution in [0.3, 0.4) is 0 Å². The number of fused-ring (bicyclic) bond motifs is 1. The SMILES string of the molecule is COC(=O)C1=C(C(=O)c2ccc(Br)cc2)[C@H](c2ccccc2F)n2nnnc2N1. The number of aromatic nitrogens is 4. The largest absolute Gasteiger partial charge is 0.464 e. The third-order valence-corrected chi connectivity index (χ3v) is 4.99. The molecule has 3 aromatic rings. The summed E-state index contributed by atoms with van der Waals surface area (Å²) in [6, 6.07) is 11.5. The zero-order valence-electron chi connectivity index (χ0n) is 15.0. The fourth-order valence-corrected chi connectivity index (χ4v) is 3.39. The molecule has 146 valence electrons. The topological polar surface area (TPSA) is 99.0 Å². The Labute approximate surface area is 172 Å². The maximum Gasteiger partial charge on any atom is 0.355 e. The van der Waals surface area contributed by atoms with E-state index >= 15 is 0 Å². The van der Waals surface area contributed by atoms with Gasteiger partial charge in [0, 0.05) is 15.6 Å². The molecular weight excluding hydrogens is 445 g/mol. The molecule has 1 aromatic heterocycles. The minimum Gasteiger partial charge on any atom is -0.464 e.